The van der Waals surface area contributed by atoms with Crippen LogP contribution >= 0.6 is 0 Å². The molecule has 0 unspecified atom stereocenters. The highest BCUT2D eigenvalue weighted by Crippen LogP contribution is 2.37. The predicted octanol–water partition coefficient (Wildman–Crippen LogP) is 3.93. The molecule has 0 bridgehead atoms. The number of aryl methyl sites for hydroxylation is 2. The lowest BCUT2D eigenvalue weighted by Crippen LogP contribution is -2.21. The van der Waals surface area contributed by atoms with Crippen LogP contribution in [0.3, 0.4) is 0 Å². The highest BCUT2D eigenvalue weighted by molar-refractivity contribution is 6.22. The highest BCUT2D eigenvalue weighted by atomic mass is 16.2. The minimum absolute atomic E-state index is 0.00699. The predicted molar refractivity (Wildman–Crippen MR) is 78.2 cm³/mol. The summed E-state index contributed by atoms with van der Waals surface area (Å²) in [5.41, 5.74) is 5.61. The fourth-order valence-electron chi connectivity index (χ4n) is 2.55. The van der Waals surface area contributed by atoms with E-state index in [1.165, 1.54) is 5.56 Å². The van der Waals surface area contributed by atoms with Gasteiger partial charge in [-0.15, -0.1) is 0 Å². The Morgan fingerprint density at radius 2 is 1.68 bits per heavy atom. The summed E-state index contributed by atoms with van der Waals surface area (Å²) >= 11 is 0. The van der Waals surface area contributed by atoms with Gasteiger partial charge in [0.25, 0.3) is 5.91 Å². The smallest absolute Gasteiger partial charge is 0.263 e. The lowest BCUT2D eigenvalue weighted by atomic mass is 10.0. The Morgan fingerprint density at radius 3 is 2.32 bits per heavy atom. The molecule has 1 heterocycles. The highest BCUT2D eigenvalue weighted by Gasteiger charge is 2.32. The number of anilines is 1. The van der Waals surface area contributed by atoms with Gasteiger partial charge >= 0.3 is 0 Å². The van der Waals surface area contributed by atoms with Crippen molar-refractivity contribution in [2.24, 2.45) is 0 Å². The lowest BCUT2D eigenvalue weighted by Gasteiger charge is -2.17. The maximum atomic E-state index is 12.5. The number of nitrogens with zero attached hydrogens (tertiary/aromatic N) is 1. The zero-order valence-electron chi connectivity index (χ0n) is 11.1. The Morgan fingerprint density at radius 1 is 1.00 bits per heavy atom. The molecule has 0 radical (unpaired) electrons. The summed E-state index contributed by atoms with van der Waals surface area (Å²) in [6.45, 7) is 8.13. The van der Waals surface area contributed by atoms with Crippen molar-refractivity contribution in [3.8, 4) is 0 Å². The molecule has 19 heavy (non-hydrogen) atoms. The van der Waals surface area contributed by atoms with E-state index in [-0.39, 0.29) is 5.91 Å². The van der Waals surface area contributed by atoms with Crippen LogP contribution in [0.15, 0.2) is 49.0 Å². The van der Waals surface area contributed by atoms with Crippen LogP contribution in [0.4, 0.5) is 5.69 Å². The molecule has 2 aromatic carbocycles. The van der Waals surface area contributed by atoms with Crippen molar-refractivity contribution in [2.75, 3.05) is 4.90 Å². The molecule has 0 aromatic heterocycles. The van der Waals surface area contributed by atoms with Crippen LogP contribution in [-0.4, -0.2) is 5.91 Å². The molecule has 2 heteroatoms. The van der Waals surface area contributed by atoms with Gasteiger partial charge in [-0.1, -0.05) is 36.4 Å². The van der Waals surface area contributed by atoms with E-state index in [9.17, 15) is 4.79 Å². The van der Waals surface area contributed by atoms with Crippen LogP contribution in [0, 0.1) is 13.8 Å². The second-order valence-electron chi connectivity index (χ2n) is 4.92. The zero-order chi connectivity index (χ0) is 13.6. The molecule has 94 valence electrons. The van der Waals surface area contributed by atoms with Gasteiger partial charge in [0.15, 0.2) is 0 Å². The van der Waals surface area contributed by atoms with Crippen molar-refractivity contribution in [3.63, 3.8) is 0 Å². The van der Waals surface area contributed by atoms with Crippen molar-refractivity contribution >= 4 is 17.3 Å². The molecule has 0 aliphatic carbocycles. The lowest BCUT2D eigenvalue weighted by molar-refractivity contribution is 0.101. The summed E-state index contributed by atoms with van der Waals surface area (Å²) in [6.07, 6.45) is 0. The number of hydrogen-bond acceptors (Lipinski definition) is 1. The van der Waals surface area contributed by atoms with Crippen molar-refractivity contribution in [1.29, 1.82) is 0 Å². The van der Waals surface area contributed by atoms with Crippen molar-refractivity contribution in [1.82, 2.24) is 0 Å². The van der Waals surface area contributed by atoms with Gasteiger partial charge in [-0.25, -0.2) is 0 Å². The first kappa shape index (κ1) is 11.7. The van der Waals surface area contributed by atoms with E-state index < -0.39 is 0 Å². The minimum Gasteiger partial charge on any atom is -0.277 e. The van der Waals surface area contributed by atoms with Crippen LogP contribution in [0.1, 0.15) is 27.0 Å². The Bertz CT molecular complexity index is 683. The molecule has 1 aliphatic heterocycles. The summed E-state index contributed by atoms with van der Waals surface area (Å²) < 4.78 is 0. The second kappa shape index (κ2) is 4.09. The number of carbonyl (C=O) groups is 1. The number of rotatable bonds is 1. The Balaban J connectivity index is 2.13. The van der Waals surface area contributed by atoms with Crippen LogP contribution in [-0.2, 0) is 0 Å². The number of amides is 1. The van der Waals surface area contributed by atoms with E-state index in [1.54, 1.807) is 4.90 Å². The van der Waals surface area contributed by atoms with Gasteiger partial charge in [0.05, 0.1) is 5.70 Å². The molecule has 0 saturated heterocycles. The summed E-state index contributed by atoms with van der Waals surface area (Å²) in [7, 11) is 0. The molecule has 1 amide bonds. The topological polar surface area (TPSA) is 20.3 Å². The normalized spacial score (nSPS) is 13.9. The third kappa shape index (κ3) is 1.68. The quantitative estimate of drug-likeness (QED) is 0.749. The van der Waals surface area contributed by atoms with Gasteiger partial charge < -0.3 is 0 Å². The summed E-state index contributed by atoms with van der Waals surface area (Å²) in [4.78, 5) is 14.2. The van der Waals surface area contributed by atoms with Crippen LogP contribution < -0.4 is 4.90 Å². The van der Waals surface area contributed by atoms with Crippen LogP contribution in [0.5, 0.6) is 0 Å². The maximum absolute atomic E-state index is 12.5. The van der Waals surface area contributed by atoms with E-state index in [2.05, 4.69) is 6.58 Å². The second-order valence-corrected chi connectivity index (χ2v) is 4.92. The monoisotopic (exact) mass is 249 g/mol. The molecule has 0 N–H and O–H groups in total. The molecule has 0 saturated carbocycles. The van der Waals surface area contributed by atoms with E-state index in [4.69, 9.17) is 0 Å². The standard InChI is InChI=1S/C17H15NO/c1-11-7-9-14(10-8-11)18-13(3)16-12(2)5-4-6-15(16)17(18)19/h4-10H,3H2,1-2H3. The summed E-state index contributed by atoms with van der Waals surface area (Å²) in [5, 5.41) is 0. The van der Waals surface area contributed by atoms with Crippen LogP contribution in [0.25, 0.3) is 5.70 Å². The fourth-order valence-corrected chi connectivity index (χ4v) is 2.55. The van der Waals surface area contributed by atoms with Gasteiger partial charge in [0.1, 0.15) is 0 Å². The average molecular weight is 249 g/mol. The molecule has 2 aromatic rings. The van der Waals surface area contributed by atoms with Gasteiger partial charge in [-0.3, -0.25) is 9.69 Å². The van der Waals surface area contributed by atoms with Crippen molar-refractivity contribution < 1.29 is 4.79 Å². The third-order valence-corrected chi connectivity index (χ3v) is 3.56. The number of benzene rings is 2. The first-order chi connectivity index (χ1) is 9.09. The first-order valence-electron chi connectivity index (χ1n) is 6.29. The Hall–Kier alpha value is -2.35. The van der Waals surface area contributed by atoms with Gasteiger partial charge in [-0.05, 0) is 37.6 Å². The van der Waals surface area contributed by atoms with E-state index >= 15 is 0 Å². The molecule has 3 rings (SSSR count). The maximum Gasteiger partial charge on any atom is 0.263 e. The molecular formula is C17H15NO. The minimum atomic E-state index is 0.00699. The number of carbonyl (C=O) groups excluding carboxylic acids is 1. The summed E-state index contributed by atoms with van der Waals surface area (Å²) in [6, 6.07) is 13.7. The third-order valence-electron chi connectivity index (χ3n) is 3.56. The molecule has 2 nitrogen and oxygen atoms in total. The molecular weight excluding hydrogens is 234 g/mol. The SMILES string of the molecule is C=C1c2c(C)cccc2C(=O)N1c1ccc(C)cc1. The largest absolute Gasteiger partial charge is 0.277 e. The zero-order valence-corrected chi connectivity index (χ0v) is 11.1. The Labute approximate surface area is 113 Å². The first-order valence-corrected chi connectivity index (χ1v) is 6.29. The van der Waals surface area contributed by atoms with Crippen LogP contribution in [0.2, 0.25) is 0 Å². The van der Waals surface area contributed by atoms with Gasteiger partial charge in [-0.2, -0.15) is 0 Å². The molecule has 0 fully saturated rings. The average Bonchev–Trinajstić information content (AvgIpc) is 2.65. The van der Waals surface area contributed by atoms with E-state index in [0.29, 0.717) is 0 Å². The van der Waals surface area contributed by atoms with Gasteiger partial charge in [0.2, 0.25) is 0 Å². The molecule has 1 aliphatic rings. The van der Waals surface area contributed by atoms with E-state index in [0.717, 1.165) is 28.1 Å². The van der Waals surface area contributed by atoms with E-state index in [1.807, 2.05) is 56.3 Å². The van der Waals surface area contributed by atoms with Gasteiger partial charge in [0, 0.05) is 16.8 Å². The Kier molecular flexibility index (Phi) is 2.53. The molecule has 0 spiro atoms. The fraction of sp³-hybridized carbons (Fsp3) is 0.118. The summed E-state index contributed by atoms with van der Waals surface area (Å²) in [5.74, 6) is 0.00699. The van der Waals surface area contributed by atoms with Crippen molar-refractivity contribution in [2.45, 2.75) is 13.8 Å². The number of hydrogen-bond donors (Lipinski definition) is 0. The van der Waals surface area contributed by atoms with Crippen molar-refractivity contribution in [3.05, 3.63) is 71.3 Å². The molecule has 0 atom stereocenters. The number of fused-ring (bicyclic) bond motifs is 1.